The number of nitrogens with zero attached hydrogens (tertiary/aromatic N) is 1. The Kier molecular flexibility index (Phi) is 5.93. The molecule has 1 unspecified atom stereocenters. The van der Waals surface area contributed by atoms with Gasteiger partial charge in [-0.15, -0.1) is 0 Å². The van der Waals surface area contributed by atoms with Crippen LogP contribution in [0.4, 0.5) is 0 Å². The Morgan fingerprint density at radius 3 is 2.33 bits per heavy atom. The second-order valence-electron chi connectivity index (χ2n) is 3.84. The minimum atomic E-state index is -1.20. The highest BCUT2D eigenvalue weighted by Gasteiger charge is 2.26. The number of carbonyl (C=O) groups is 2. The van der Waals surface area contributed by atoms with Crippen LogP contribution in [0.25, 0.3) is 0 Å². The van der Waals surface area contributed by atoms with Gasteiger partial charge in [0.05, 0.1) is 6.61 Å². The molecule has 0 heterocycles. The predicted molar refractivity (Wildman–Crippen MR) is 57.1 cm³/mol. The molecule has 0 aliphatic carbocycles. The van der Waals surface area contributed by atoms with Crippen LogP contribution in [-0.2, 0) is 14.3 Å². The number of esters is 1. The lowest BCUT2D eigenvalue weighted by Crippen LogP contribution is -2.48. The summed E-state index contributed by atoms with van der Waals surface area (Å²) in [6.07, 6.45) is 0. The van der Waals surface area contributed by atoms with Crippen molar-refractivity contribution in [3.05, 3.63) is 0 Å². The van der Waals surface area contributed by atoms with E-state index in [0.29, 0.717) is 12.5 Å². The molecule has 0 saturated heterocycles. The third kappa shape index (κ3) is 4.78. The lowest BCUT2D eigenvalue weighted by atomic mass is 10.2. The Labute approximate surface area is 90.6 Å². The van der Waals surface area contributed by atoms with Crippen molar-refractivity contribution in [3.8, 4) is 0 Å². The fourth-order valence-corrected chi connectivity index (χ4v) is 1.21. The van der Waals surface area contributed by atoms with Gasteiger partial charge in [-0.25, -0.2) is 4.79 Å². The van der Waals surface area contributed by atoms with Gasteiger partial charge in [0, 0.05) is 13.6 Å². The highest BCUT2D eigenvalue weighted by molar-refractivity contribution is 6.01. The van der Waals surface area contributed by atoms with Crippen molar-refractivity contribution >= 4 is 11.9 Å². The molecule has 0 aromatic rings. The second-order valence-corrected chi connectivity index (χ2v) is 3.84. The summed E-state index contributed by atoms with van der Waals surface area (Å²) in [5.74, 6) is -0.728. The van der Waals surface area contributed by atoms with Crippen LogP contribution in [0.5, 0.6) is 0 Å². The Bertz CT molecular complexity index is 229. The first-order chi connectivity index (χ1) is 6.90. The van der Waals surface area contributed by atoms with E-state index in [1.54, 1.807) is 14.0 Å². The Morgan fingerprint density at radius 2 is 1.93 bits per heavy atom. The zero-order chi connectivity index (χ0) is 12.0. The van der Waals surface area contributed by atoms with Gasteiger partial charge in [-0.2, -0.15) is 0 Å². The highest BCUT2D eigenvalue weighted by Crippen LogP contribution is 1.99. The first kappa shape index (κ1) is 13.9. The summed E-state index contributed by atoms with van der Waals surface area (Å²) < 4.78 is 4.67. The number of ether oxygens (including phenoxy) is 1. The van der Waals surface area contributed by atoms with Crippen LogP contribution < -0.4 is 5.73 Å². The summed E-state index contributed by atoms with van der Waals surface area (Å²) in [6.45, 7) is 6.45. The average Bonchev–Trinajstić information content (AvgIpc) is 2.14. The van der Waals surface area contributed by atoms with Crippen molar-refractivity contribution in [2.24, 2.45) is 11.7 Å². The molecule has 0 bridgehead atoms. The van der Waals surface area contributed by atoms with Gasteiger partial charge in [0.15, 0.2) is 6.04 Å². The van der Waals surface area contributed by atoms with Gasteiger partial charge >= 0.3 is 5.97 Å². The Morgan fingerprint density at radius 1 is 1.40 bits per heavy atom. The lowest BCUT2D eigenvalue weighted by molar-refractivity contribution is -0.150. The highest BCUT2D eigenvalue weighted by atomic mass is 16.5. The smallest absolute Gasteiger partial charge is 0.332 e. The van der Waals surface area contributed by atoms with Crippen LogP contribution in [0.15, 0.2) is 0 Å². The molecule has 5 nitrogen and oxygen atoms in total. The van der Waals surface area contributed by atoms with Crippen LogP contribution in [0, 0.1) is 5.92 Å². The summed E-state index contributed by atoms with van der Waals surface area (Å²) in [4.78, 5) is 24.2. The van der Waals surface area contributed by atoms with Gasteiger partial charge in [-0.05, 0) is 12.8 Å². The largest absolute Gasteiger partial charge is 0.464 e. The van der Waals surface area contributed by atoms with Crippen molar-refractivity contribution in [2.75, 3.05) is 20.2 Å². The number of nitrogens with two attached hydrogens (primary N) is 1. The lowest BCUT2D eigenvalue weighted by Gasteiger charge is -2.21. The molecular formula is C10H20N2O3. The molecule has 88 valence electrons. The Balaban J connectivity index is 4.24. The maximum Gasteiger partial charge on any atom is 0.332 e. The predicted octanol–water partition coefficient (Wildman–Crippen LogP) is -0.00880. The SMILES string of the molecule is CCOC(=O)C(N)C(=O)N(C)CC(C)C. The summed E-state index contributed by atoms with van der Waals surface area (Å²) in [7, 11) is 1.63. The van der Waals surface area contributed by atoms with E-state index in [1.165, 1.54) is 4.90 Å². The molecule has 5 heteroatoms. The summed E-state index contributed by atoms with van der Waals surface area (Å²) in [6, 6.07) is -1.20. The van der Waals surface area contributed by atoms with Crippen LogP contribution in [0.2, 0.25) is 0 Å². The monoisotopic (exact) mass is 216 g/mol. The van der Waals surface area contributed by atoms with Gasteiger partial charge in [0.25, 0.3) is 5.91 Å². The maximum atomic E-state index is 11.6. The summed E-state index contributed by atoms with van der Waals surface area (Å²) in [5.41, 5.74) is 5.46. The molecule has 0 aliphatic heterocycles. The molecule has 1 atom stereocenters. The van der Waals surface area contributed by atoms with Crippen molar-refractivity contribution in [1.29, 1.82) is 0 Å². The number of likely N-dealkylation sites (N-methyl/N-ethyl adjacent to an activating group) is 1. The third-order valence-corrected chi connectivity index (χ3v) is 1.82. The van der Waals surface area contributed by atoms with E-state index in [1.807, 2.05) is 13.8 Å². The molecule has 0 saturated carbocycles. The molecule has 0 aromatic heterocycles. The van der Waals surface area contributed by atoms with Crippen molar-refractivity contribution < 1.29 is 14.3 Å². The zero-order valence-electron chi connectivity index (χ0n) is 9.82. The van der Waals surface area contributed by atoms with Crippen LogP contribution in [0.3, 0.4) is 0 Å². The van der Waals surface area contributed by atoms with Gasteiger partial charge in [-0.3, -0.25) is 4.79 Å². The summed E-state index contributed by atoms with van der Waals surface area (Å²) in [5, 5.41) is 0. The third-order valence-electron chi connectivity index (χ3n) is 1.82. The molecule has 0 spiro atoms. The molecule has 0 aliphatic rings. The first-order valence-corrected chi connectivity index (χ1v) is 5.07. The number of hydrogen-bond donors (Lipinski definition) is 1. The second kappa shape index (κ2) is 6.40. The van der Waals surface area contributed by atoms with Gasteiger partial charge in [0.1, 0.15) is 0 Å². The van der Waals surface area contributed by atoms with E-state index < -0.39 is 17.9 Å². The number of amides is 1. The first-order valence-electron chi connectivity index (χ1n) is 5.07. The van der Waals surface area contributed by atoms with Gasteiger partial charge in [0.2, 0.25) is 0 Å². The number of hydrogen-bond acceptors (Lipinski definition) is 4. The Hall–Kier alpha value is -1.10. The molecule has 0 fully saturated rings. The fraction of sp³-hybridized carbons (Fsp3) is 0.800. The quantitative estimate of drug-likeness (QED) is 0.518. The van der Waals surface area contributed by atoms with Crippen molar-refractivity contribution in [1.82, 2.24) is 4.90 Å². The zero-order valence-corrected chi connectivity index (χ0v) is 9.82. The van der Waals surface area contributed by atoms with Crippen LogP contribution in [0.1, 0.15) is 20.8 Å². The molecule has 15 heavy (non-hydrogen) atoms. The van der Waals surface area contributed by atoms with E-state index in [-0.39, 0.29) is 6.61 Å². The number of carbonyl (C=O) groups excluding carboxylic acids is 2. The normalized spacial score (nSPS) is 12.4. The maximum absolute atomic E-state index is 11.6. The van der Waals surface area contributed by atoms with Gasteiger partial charge in [-0.1, -0.05) is 13.8 Å². The molecule has 0 aromatic carbocycles. The van der Waals surface area contributed by atoms with Crippen molar-refractivity contribution in [2.45, 2.75) is 26.8 Å². The van der Waals surface area contributed by atoms with E-state index in [0.717, 1.165) is 0 Å². The summed E-state index contributed by atoms with van der Waals surface area (Å²) >= 11 is 0. The van der Waals surface area contributed by atoms with E-state index in [4.69, 9.17) is 5.73 Å². The molecule has 2 N–H and O–H groups in total. The van der Waals surface area contributed by atoms with Gasteiger partial charge < -0.3 is 15.4 Å². The van der Waals surface area contributed by atoms with E-state index in [9.17, 15) is 9.59 Å². The molecule has 1 amide bonds. The molecular weight excluding hydrogens is 196 g/mol. The minimum Gasteiger partial charge on any atom is -0.464 e. The number of rotatable bonds is 5. The standard InChI is InChI=1S/C10H20N2O3/c1-5-15-10(14)8(11)9(13)12(4)6-7(2)3/h7-8H,5-6,11H2,1-4H3. The fourth-order valence-electron chi connectivity index (χ4n) is 1.21. The van der Waals surface area contributed by atoms with E-state index >= 15 is 0 Å². The van der Waals surface area contributed by atoms with Crippen LogP contribution in [-0.4, -0.2) is 43.0 Å². The van der Waals surface area contributed by atoms with E-state index in [2.05, 4.69) is 4.74 Å². The van der Waals surface area contributed by atoms with Crippen LogP contribution >= 0.6 is 0 Å². The average molecular weight is 216 g/mol. The molecule has 0 rings (SSSR count). The van der Waals surface area contributed by atoms with Crippen molar-refractivity contribution in [3.63, 3.8) is 0 Å². The minimum absolute atomic E-state index is 0.230. The topological polar surface area (TPSA) is 72.6 Å². The molecule has 0 radical (unpaired) electrons.